The average Bonchev–Trinajstić information content (AvgIpc) is 2.77. The Balaban J connectivity index is 0.00000272. The molecule has 0 saturated heterocycles. The van der Waals surface area contributed by atoms with Gasteiger partial charge in [-0.3, -0.25) is 5.41 Å². The van der Waals surface area contributed by atoms with Crippen LogP contribution >= 0.6 is 32.9 Å². The van der Waals surface area contributed by atoms with Gasteiger partial charge in [-0.2, -0.15) is 0 Å². The van der Waals surface area contributed by atoms with Crippen LogP contribution in [0, 0.1) is 5.41 Å². The van der Waals surface area contributed by atoms with E-state index < -0.39 is 0 Å². The number of hydrogen-bond donors (Lipinski definition) is 1. The summed E-state index contributed by atoms with van der Waals surface area (Å²) in [5.41, 5.74) is 5.51. The fourth-order valence-electron chi connectivity index (χ4n) is 3.53. The van der Waals surface area contributed by atoms with Crippen LogP contribution in [0.25, 0.3) is 11.6 Å². The van der Waals surface area contributed by atoms with E-state index in [4.69, 9.17) is 10.1 Å². The maximum atomic E-state index is 11.9. The Morgan fingerprint density at radius 2 is 1.74 bits per heavy atom. The van der Waals surface area contributed by atoms with Gasteiger partial charge in [-0.05, 0) is 66.1 Å². The molecular formula is C25H22Br2N2O2. The molecule has 1 aliphatic heterocycles. The average molecular weight is 542 g/mol. The van der Waals surface area contributed by atoms with Crippen molar-refractivity contribution in [3.8, 4) is 0 Å². The molecule has 0 radical (unpaired) electrons. The third-order valence-corrected chi connectivity index (χ3v) is 5.56. The summed E-state index contributed by atoms with van der Waals surface area (Å²) < 4.78 is 6.09. The molecule has 1 heterocycles. The molecule has 0 aromatic heterocycles. The highest BCUT2D eigenvalue weighted by atomic mass is 79.9. The SMILES string of the molecule is Br.CCOC(=O)c1ccc(N2Cc3ccccc3/C(=C\c3ccc(Br)cc3)C2=N)cc1. The second-order valence-corrected chi connectivity index (χ2v) is 7.88. The molecule has 158 valence electrons. The fourth-order valence-corrected chi connectivity index (χ4v) is 3.79. The van der Waals surface area contributed by atoms with Crippen molar-refractivity contribution >= 4 is 62.1 Å². The molecule has 6 heteroatoms. The third kappa shape index (κ3) is 4.97. The Morgan fingerprint density at radius 1 is 1.06 bits per heavy atom. The van der Waals surface area contributed by atoms with Crippen LogP contribution in [0.1, 0.15) is 34.0 Å². The number of carbonyl (C=O) groups is 1. The van der Waals surface area contributed by atoms with Crippen molar-refractivity contribution in [2.75, 3.05) is 11.5 Å². The van der Waals surface area contributed by atoms with Gasteiger partial charge in [0.1, 0.15) is 5.84 Å². The zero-order valence-electron chi connectivity index (χ0n) is 17.0. The van der Waals surface area contributed by atoms with Crippen LogP contribution in [-0.2, 0) is 11.3 Å². The van der Waals surface area contributed by atoms with Gasteiger partial charge in [-0.1, -0.05) is 52.3 Å². The van der Waals surface area contributed by atoms with Crippen molar-refractivity contribution in [2.24, 2.45) is 0 Å². The molecule has 3 aromatic rings. The monoisotopic (exact) mass is 540 g/mol. The number of ether oxygens (including phenoxy) is 1. The number of carbonyl (C=O) groups excluding carboxylic acids is 1. The van der Waals surface area contributed by atoms with Crippen molar-refractivity contribution in [2.45, 2.75) is 13.5 Å². The van der Waals surface area contributed by atoms with Crippen LogP contribution < -0.4 is 4.90 Å². The number of nitrogens with one attached hydrogen (secondary N) is 1. The molecule has 1 N–H and O–H groups in total. The number of nitrogens with zero attached hydrogens (tertiary/aromatic N) is 1. The van der Waals surface area contributed by atoms with E-state index in [0.717, 1.165) is 32.4 Å². The zero-order chi connectivity index (χ0) is 21.1. The van der Waals surface area contributed by atoms with E-state index in [1.807, 2.05) is 59.5 Å². The molecule has 1 aliphatic rings. The molecule has 0 spiro atoms. The largest absolute Gasteiger partial charge is 0.462 e. The van der Waals surface area contributed by atoms with E-state index in [1.54, 1.807) is 19.1 Å². The quantitative estimate of drug-likeness (QED) is 0.372. The standard InChI is InChI=1S/C25H21BrN2O2.BrH/c1-2-30-25(29)18-9-13-21(14-10-18)28-16-19-5-3-4-6-22(19)23(24(28)27)15-17-7-11-20(26)12-8-17;/h3-15,27H,2,16H2,1H3;1H/b23-15+,27-24?;. The Labute approximate surface area is 201 Å². The van der Waals surface area contributed by atoms with E-state index in [-0.39, 0.29) is 23.0 Å². The normalized spacial score (nSPS) is 14.1. The first kappa shape index (κ1) is 23.0. The minimum absolute atomic E-state index is 0. The van der Waals surface area contributed by atoms with Crippen molar-refractivity contribution in [1.29, 1.82) is 5.41 Å². The first-order chi connectivity index (χ1) is 14.6. The summed E-state index contributed by atoms with van der Waals surface area (Å²) in [4.78, 5) is 13.9. The minimum atomic E-state index is -0.334. The number of anilines is 1. The summed E-state index contributed by atoms with van der Waals surface area (Å²) in [7, 11) is 0. The van der Waals surface area contributed by atoms with Crippen LogP contribution in [0.3, 0.4) is 0 Å². The fraction of sp³-hybridized carbons (Fsp3) is 0.120. The van der Waals surface area contributed by atoms with Gasteiger partial charge in [-0.25, -0.2) is 4.79 Å². The Morgan fingerprint density at radius 3 is 2.42 bits per heavy atom. The minimum Gasteiger partial charge on any atom is -0.462 e. The Hall–Kier alpha value is -2.70. The van der Waals surface area contributed by atoms with Gasteiger partial charge in [0.05, 0.1) is 18.7 Å². The first-order valence-electron chi connectivity index (χ1n) is 9.76. The number of esters is 1. The Bertz CT molecular complexity index is 1120. The van der Waals surface area contributed by atoms with Gasteiger partial charge in [-0.15, -0.1) is 17.0 Å². The van der Waals surface area contributed by atoms with E-state index in [0.29, 0.717) is 24.6 Å². The van der Waals surface area contributed by atoms with E-state index >= 15 is 0 Å². The number of fused-ring (bicyclic) bond motifs is 1. The predicted molar refractivity (Wildman–Crippen MR) is 135 cm³/mol. The number of amidine groups is 1. The van der Waals surface area contributed by atoms with Gasteiger partial charge in [0, 0.05) is 15.7 Å². The highest BCUT2D eigenvalue weighted by molar-refractivity contribution is 9.10. The van der Waals surface area contributed by atoms with Crippen LogP contribution in [0.4, 0.5) is 5.69 Å². The maximum Gasteiger partial charge on any atom is 0.338 e. The molecule has 0 saturated carbocycles. The van der Waals surface area contributed by atoms with Gasteiger partial charge < -0.3 is 9.64 Å². The first-order valence-corrected chi connectivity index (χ1v) is 10.6. The molecule has 3 aromatic carbocycles. The Kier molecular flexibility index (Phi) is 7.46. The molecular weight excluding hydrogens is 520 g/mol. The lowest BCUT2D eigenvalue weighted by Crippen LogP contribution is -2.34. The van der Waals surface area contributed by atoms with Crippen LogP contribution in [-0.4, -0.2) is 18.4 Å². The lowest BCUT2D eigenvalue weighted by molar-refractivity contribution is 0.0526. The highest BCUT2D eigenvalue weighted by Gasteiger charge is 2.26. The lowest BCUT2D eigenvalue weighted by Gasteiger charge is -2.33. The second-order valence-electron chi connectivity index (χ2n) is 6.97. The van der Waals surface area contributed by atoms with Gasteiger partial charge in [0.25, 0.3) is 0 Å². The number of benzene rings is 3. The van der Waals surface area contributed by atoms with Crippen LogP contribution in [0.2, 0.25) is 0 Å². The summed E-state index contributed by atoms with van der Waals surface area (Å²) in [6.45, 7) is 2.74. The summed E-state index contributed by atoms with van der Waals surface area (Å²) in [6, 6.07) is 23.5. The molecule has 0 amide bonds. The smallest absolute Gasteiger partial charge is 0.338 e. The molecule has 0 fully saturated rings. The number of hydrogen-bond acceptors (Lipinski definition) is 3. The second kappa shape index (κ2) is 10.1. The summed E-state index contributed by atoms with van der Waals surface area (Å²) >= 11 is 3.47. The van der Waals surface area contributed by atoms with Crippen molar-refractivity contribution < 1.29 is 9.53 Å². The van der Waals surface area contributed by atoms with Gasteiger partial charge in [0.2, 0.25) is 0 Å². The molecule has 4 nitrogen and oxygen atoms in total. The number of halogens is 2. The maximum absolute atomic E-state index is 11.9. The van der Waals surface area contributed by atoms with Crippen LogP contribution in [0.15, 0.2) is 77.3 Å². The van der Waals surface area contributed by atoms with Crippen molar-refractivity contribution in [3.63, 3.8) is 0 Å². The molecule has 4 rings (SSSR count). The molecule has 0 unspecified atom stereocenters. The van der Waals surface area contributed by atoms with Crippen LogP contribution in [0.5, 0.6) is 0 Å². The lowest BCUT2D eigenvalue weighted by atomic mass is 9.92. The van der Waals surface area contributed by atoms with Crippen molar-refractivity contribution in [1.82, 2.24) is 0 Å². The summed E-state index contributed by atoms with van der Waals surface area (Å²) in [5, 5.41) is 8.92. The summed E-state index contributed by atoms with van der Waals surface area (Å²) in [6.07, 6.45) is 2.05. The molecule has 0 atom stereocenters. The van der Waals surface area contributed by atoms with E-state index in [9.17, 15) is 4.79 Å². The highest BCUT2D eigenvalue weighted by Crippen LogP contribution is 2.33. The van der Waals surface area contributed by atoms with E-state index in [1.165, 1.54) is 0 Å². The molecule has 0 bridgehead atoms. The van der Waals surface area contributed by atoms with Crippen molar-refractivity contribution in [3.05, 3.63) is 99.5 Å². The van der Waals surface area contributed by atoms with E-state index in [2.05, 4.69) is 28.1 Å². The zero-order valence-corrected chi connectivity index (χ0v) is 20.3. The molecule has 31 heavy (non-hydrogen) atoms. The number of rotatable bonds is 4. The topological polar surface area (TPSA) is 53.4 Å². The summed E-state index contributed by atoms with van der Waals surface area (Å²) in [5.74, 6) is 0.0967. The third-order valence-electron chi connectivity index (χ3n) is 5.03. The van der Waals surface area contributed by atoms with Gasteiger partial charge >= 0.3 is 5.97 Å². The molecule has 0 aliphatic carbocycles. The van der Waals surface area contributed by atoms with Gasteiger partial charge in [0.15, 0.2) is 0 Å². The predicted octanol–water partition coefficient (Wildman–Crippen LogP) is 6.74.